The van der Waals surface area contributed by atoms with Gasteiger partial charge in [-0.2, -0.15) is 0 Å². The Kier molecular flexibility index (Phi) is 4.87. The molecule has 2 aromatic rings. The topological polar surface area (TPSA) is 25.8 Å². The SMILES string of the molecule is Cc1nc(CCC2CCCC2)c2cc(C3CCC(C)(C)CC3)sc2n1. The van der Waals surface area contributed by atoms with Gasteiger partial charge in [-0.25, -0.2) is 9.97 Å². The highest BCUT2D eigenvalue weighted by Crippen LogP contribution is 2.45. The number of nitrogens with zero attached hydrogens (tertiary/aromatic N) is 2. The second-order valence-electron chi connectivity index (χ2n) is 9.21. The fourth-order valence-corrected chi connectivity index (χ4v) is 6.10. The summed E-state index contributed by atoms with van der Waals surface area (Å²) in [6, 6.07) is 2.45. The van der Waals surface area contributed by atoms with Crippen molar-refractivity contribution in [1.29, 1.82) is 0 Å². The van der Waals surface area contributed by atoms with E-state index in [-0.39, 0.29) is 0 Å². The lowest BCUT2D eigenvalue weighted by molar-refractivity contribution is 0.226. The minimum atomic E-state index is 0.538. The molecule has 2 aliphatic carbocycles. The molecule has 4 rings (SSSR count). The third kappa shape index (κ3) is 3.92. The van der Waals surface area contributed by atoms with Gasteiger partial charge >= 0.3 is 0 Å². The molecule has 0 aliphatic heterocycles. The third-order valence-corrected chi connectivity index (χ3v) is 7.80. The monoisotopic (exact) mass is 356 g/mol. The summed E-state index contributed by atoms with van der Waals surface area (Å²) in [5.41, 5.74) is 1.85. The molecule has 2 heterocycles. The van der Waals surface area contributed by atoms with Crippen LogP contribution in [0.1, 0.15) is 93.9 Å². The summed E-state index contributed by atoms with van der Waals surface area (Å²) in [7, 11) is 0. The molecule has 0 aromatic carbocycles. The first-order chi connectivity index (χ1) is 12.0. The van der Waals surface area contributed by atoms with E-state index in [9.17, 15) is 0 Å². The highest BCUT2D eigenvalue weighted by molar-refractivity contribution is 7.18. The minimum Gasteiger partial charge on any atom is -0.238 e. The van der Waals surface area contributed by atoms with Gasteiger partial charge in [0.25, 0.3) is 0 Å². The smallest absolute Gasteiger partial charge is 0.127 e. The Morgan fingerprint density at radius 3 is 2.52 bits per heavy atom. The maximum absolute atomic E-state index is 4.84. The number of aromatic nitrogens is 2. The van der Waals surface area contributed by atoms with Crippen LogP contribution in [-0.4, -0.2) is 9.97 Å². The fraction of sp³-hybridized carbons (Fsp3) is 0.727. The molecule has 0 saturated heterocycles. The maximum atomic E-state index is 4.84. The number of aryl methyl sites for hydroxylation is 2. The molecule has 2 aromatic heterocycles. The van der Waals surface area contributed by atoms with Crippen LogP contribution in [-0.2, 0) is 6.42 Å². The maximum Gasteiger partial charge on any atom is 0.127 e. The number of hydrogen-bond donors (Lipinski definition) is 0. The van der Waals surface area contributed by atoms with Gasteiger partial charge < -0.3 is 0 Å². The van der Waals surface area contributed by atoms with Crippen LogP contribution >= 0.6 is 11.3 Å². The standard InChI is InChI=1S/C22H32N2S/c1-15-23-19(9-8-16-6-4-5-7-16)18-14-20(25-21(18)24-15)17-10-12-22(2,3)13-11-17/h14,16-17H,4-13H2,1-3H3. The molecule has 2 nitrogen and oxygen atoms in total. The second-order valence-corrected chi connectivity index (χ2v) is 10.3. The van der Waals surface area contributed by atoms with Crippen LogP contribution in [0, 0.1) is 18.3 Å². The van der Waals surface area contributed by atoms with E-state index < -0.39 is 0 Å². The van der Waals surface area contributed by atoms with Crippen molar-refractivity contribution in [3.05, 3.63) is 22.5 Å². The summed E-state index contributed by atoms with van der Waals surface area (Å²) in [4.78, 5) is 12.4. The normalized spacial score (nSPS) is 22.0. The van der Waals surface area contributed by atoms with Crippen LogP contribution < -0.4 is 0 Å². The van der Waals surface area contributed by atoms with E-state index in [1.54, 1.807) is 4.88 Å². The van der Waals surface area contributed by atoms with E-state index in [4.69, 9.17) is 9.97 Å². The molecule has 2 saturated carbocycles. The number of fused-ring (bicyclic) bond motifs is 1. The van der Waals surface area contributed by atoms with Gasteiger partial charge in [-0.3, -0.25) is 0 Å². The van der Waals surface area contributed by atoms with Crippen molar-refractivity contribution in [1.82, 2.24) is 9.97 Å². The number of hydrogen-bond acceptors (Lipinski definition) is 3. The Morgan fingerprint density at radius 2 is 1.80 bits per heavy atom. The van der Waals surface area contributed by atoms with Gasteiger partial charge in [-0.05, 0) is 68.8 Å². The Labute approximate surface area is 156 Å². The average Bonchev–Trinajstić information content (AvgIpc) is 3.21. The molecule has 0 unspecified atom stereocenters. The summed E-state index contributed by atoms with van der Waals surface area (Å²) >= 11 is 1.94. The summed E-state index contributed by atoms with van der Waals surface area (Å²) < 4.78 is 0. The summed E-state index contributed by atoms with van der Waals surface area (Å²) in [6.45, 7) is 6.90. The van der Waals surface area contributed by atoms with Crippen LogP contribution in [0.4, 0.5) is 0 Å². The summed E-state index contributed by atoms with van der Waals surface area (Å²) in [5, 5.41) is 1.36. The molecule has 2 aliphatic rings. The van der Waals surface area contributed by atoms with E-state index in [1.807, 2.05) is 11.3 Å². The molecule has 0 atom stereocenters. The zero-order valence-electron chi connectivity index (χ0n) is 16.1. The first-order valence-electron chi connectivity index (χ1n) is 10.3. The predicted molar refractivity (Wildman–Crippen MR) is 107 cm³/mol. The van der Waals surface area contributed by atoms with Crippen LogP contribution in [0.25, 0.3) is 10.2 Å². The highest BCUT2D eigenvalue weighted by Gasteiger charge is 2.29. The van der Waals surface area contributed by atoms with E-state index in [1.165, 1.54) is 73.7 Å². The van der Waals surface area contributed by atoms with Gasteiger partial charge in [0.15, 0.2) is 0 Å². The summed E-state index contributed by atoms with van der Waals surface area (Å²) in [6.07, 6.45) is 13.6. The van der Waals surface area contributed by atoms with E-state index in [0.717, 1.165) is 24.1 Å². The quantitative estimate of drug-likeness (QED) is 0.601. The molecular formula is C22H32N2S. The van der Waals surface area contributed by atoms with Crippen molar-refractivity contribution in [2.24, 2.45) is 11.3 Å². The lowest BCUT2D eigenvalue weighted by atomic mass is 9.73. The molecular weight excluding hydrogens is 324 g/mol. The molecule has 0 bridgehead atoms. The van der Waals surface area contributed by atoms with Crippen molar-refractivity contribution >= 4 is 21.6 Å². The Hall–Kier alpha value is -0.960. The van der Waals surface area contributed by atoms with Crippen molar-refractivity contribution in [3.8, 4) is 0 Å². The highest BCUT2D eigenvalue weighted by atomic mass is 32.1. The van der Waals surface area contributed by atoms with Crippen molar-refractivity contribution in [2.45, 2.75) is 90.9 Å². The number of rotatable bonds is 4. The van der Waals surface area contributed by atoms with Crippen molar-refractivity contribution in [2.75, 3.05) is 0 Å². The lowest BCUT2D eigenvalue weighted by Crippen LogP contribution is -2.19. The molecule has 136 valence electrons. The predicted octanol–water partition coefficient (Wildman–Crippen LogP) is 6.81. The van der Waals surface area contributed by atoms with Gasteiger partial charge in [0.05, 0.1) is 5.69 Å². The number of thiophene rings is 1. The van der Waals surface area contributed by atoms with Gasteiger partial charge in [0.1, 0.15) is 10.7 Å². The second kappa shape index (κ2) is 6.98. The Morgan fingerprint density at radius 1 is 1.08 bits per heavy atom. The zero-order valence-corrected chi connectivity index (χ0v) is 16.9. The van der Waals surface area contributed by atoms with Crippen LogP contribution in [0.15, 0.2) is 6.07 Å². The third-order valence-electron chi connectivity index (χ3n) is 6.61. The van der Waals surface area contributed by atoms with Crippen molar-refractivity contribution in [3.63, 3.8) is 0 Å². The molecule has 3 heteroatoms. The molecule has 25 heavy (non-hydrogen) atoms. The van der Waals surface area contributed by atoms with Crippen LogP contribution in [0.3, 0.4) is 0 Å². The van der Waals surface area contributed by atoms with Gasteiger partial charge in [-0.1, -0.05) is 39.5 Å². The summed E-state index contributed by atoms with van der Waals surface area (Å²) in [5.74, 6) is 2.63. The van der Waals surface area contributed by atoms with Crippen molar-refractivity contribution < 1.29 is 0 Å². The Bertz CT molecular complexity index is 730. The van der Waals surface area contributed by atoms with Crippen LogP contribution in [0.2, 0.25) is 0 Å². The van der Waals surface area contributed by atoms with Gasteiger partial charge in [-0.15, -0.1) is 11.3 Å². The van der Waals surface area contributed by atoms with Gasteiger partial charge in [0.2, 0.25) is 0 Å². The largest absolute Gasteiger partial charge is 0.238 e. The molecule has 2 fully saturated rings. The molecule has 0 N–H and O–H groups in total. The van der Waals surface area contributed by atoms with Gasteiger partial charge in [0, 0.05) is 10.3 Å². The first-order valence-corrected chi connectivity index (χ1v) is 11.1. The van der Waals surface area contributed by atoms with Crippen LogP contribution in [0.5, 0.6) is 0 Å². The fourth-order valence-electron chi connectivity index (χ4n) is 4.83. The lowest BCUT2D eigenvalue weighted by Gasteiger charge is -2.33. The molecule has 0 spiro atoms. The zero-order chi connectivity index (χ0) is 17.4. The Balaban J connectivity index is 1.55. The van der Waals surface area contributed by atoms with E-state index in [2.05, 4.69) is 26.8 Å². The van der Waals surface area contributed by atoms with E-state index >= 15 is 0 Å². The molecule has 0 amide bonds. The first kappa shape index (κ1) is 17.5. The minimum absolute atomic E-state index is 0.538. The van der Waals surface area contributed by atoms with E-state index in [0.29, 0.717) is 5.41 Å². The molecule has 0 radical (unpaired) electrons. The average molecular weight is 357 g/mol.